The molecule has 0 aliphatic rings. The summed E-state index contributed by atoms with van der Waals surface area (Å²) < 4.78 is 0.901. The lowest BCUT2D eigenvalue weighted by Gasteiger charge is -2.18. The van der Waals surface area contributed by atoms with Gasteiger partial charge in [0.2, 0.25) is 5.91 Å². The number of halogens is 2. The maximum Gasteiger partial charge on any atom is 0.242 e. The summed E-state index contributed by atoms with van der Waals surface area (Å²) in [4.78, 5) is 11.9. The summed E-state index contributed by atoms with van der Waals surface area (Å²) in [5.74, 6) is 0.425. The van der Waals surface area contributed by atoms with Crippen LogP contribution in [0, 0.1) is 12.8 Å². The van der Waals surface area contributed by atoms with Gasteiger partial charge in [-0.05, 0) is 53.4 Å². The Balaban J connectivity index is 2.69. The van der Waals surface area contributed by atoms with Crippen molar-refractivity contribution < 1.29 is 4.79 Å². The highest BCUT2D eigenvalue weighted by Gasteiger charge is 2.14. The Morgan fingerprint density at radius 1 is 1.37 bits per heavy atom. The van der Waals surface area contributed by atoms with Crippen molar-refractivity contribution in [2.75, 3.05) is 11.9 Å². The number of rotatable bonds is 5. The zero-order valence-electron chi connectivity index (χ0n) is 11.7. The highest BCUT2D eigenvalue weighted by atomic mass is 79.9. The fourth-order valence-electron chi connectivity index (χ4n) is 1.51. The first kappa shape index (κ1) is 16.3. The van der Waals surface area contributed by atoms with E-state index in [1.165, 1.54) is 0 Å². The van der Waals surface area contributed by atoms with Gasteiger partial charge in [-0.25, -0.2) is 0 Å². The third kappa shape index (κ3) is 5.03. The van der Waals surface area contributed by atoms with Crippen molar-refractivity contribution in [2.24, 2.45) is 5.92 Å². The van der Waals surface area contributed by atoms with Gasteiger partial charge in [0.1, 0.15) is 6.04 Å². The van der Waals surface area contributed by atoms with E-state index in [1.54, 1.807) is 0 Å². The van der Waals surface area contributed by atoms with Gasteiger partial charge in [0.15, 0.2) is 0 Å². The molecule has 106 valence electrons. The van der Waals surface area contributed by atoms with Crippen molar-refractivity contribution in [3.8, 4) is 0 Å². The normalized spacial score (nSPS) is 12.4. The van der Waals surface area contributed by atoms with Crippen molar-refractivity contribution in [3.05, 3.63) is 27.2 Å². The van der Waals surface area contributed by atoms with Crippen molar-refractivity contribution in [3.63, 3.8) is 0 Å². The number of amides is 1. The summed E-state index contributed by atoms with van der Waals surface area (Å²) in [5.41, 5.74) is 1.82. The Morgan fingerprint density at radius 3 is 2.58 bits per heavy atom. The molecule has 1 amide bonds. The molecule has 0 radical (unpaired) electrons. The van der Waals surface area contributed by atoms with Crippen molar-refractivity contribution in [1.82, 2.24) is 5.32 Å². The average Bonchev–Trinajstić information content (AvgIpc) is 2.32. The van der Waals surface area contributed by atoms with Crippen molar-refractivity contribution >= 4 is 39.1 Å². The zero-order chi connectivity index (χ0) is 14.6. The first-order valence-corrected chi connectivity index (χ1v) is 7.48. The Kier molecular flexibility index (Phi) is 6.14. The average molecular weight is 348 g/mol. The fourth-order valence-corrected chi connectivity index (χ4v) is 2.25. The predicted octanol–water partition coefficient (Wildman–Crippen LogP) is 3.98. The topological polar surface area (TPSA) is 41.1 Å². The van der Waals surface area contributed by atoms with Gasteiger partial charge < -0.3 is 10.6 Å². The van der Waals surface area contributed by atoms with Crippen LogP contribution >= 0.6 is 27.5 Å². The van der Waals surface area contributed by atoms with Crippen LogP contribution in [0.1, 0.15) is 26.3 Å². The van der Waals surface area contributed by atoms with E-state index in [0.29, 0.717) is 17.5 Å². The van der Waals surface area contributed by atoms with E-state index < -0.39 is 0 Å². The lowest BCUT2D eigenvalue weighted by Crippen LogP contribution is -2.39. The summed E-state index contributed by atoms with van der Waals surface area (Å²) in [6.07, 6.45) is 0. The van der Waals surface area contributed by atoms with Crippen LogP contribution in [0.15, 0.2) is 16.6 Å². The molecule has 1 aromatic rings. The fraction of sp³-hybridized carbons (Fsp3) is 0.500. The number of hydrogen-bond acceptors (Lipinski definition) is 2. The van der Waals surface area contributed by atoms with Gasteiger partial charge in [-0.1, -0.05) is 25.4 Å². The SMILES string of the molecule is Cc1cc(Br)c(NC(C)C(=O)NCC(C)C)cc1Cl. The second-order valence-electron chi connectivity index (χ2n) is 5.09. The van der Waals surface area contributed by atoms with Gasteiger partial charge >= 0.3 is 0 Å². The molecule has 5 heteroatoms. The van der Waals surface area contributed by atoms with E-state index >= 15 is 0 Å². The summed E-state index contributed by atoms with van der Waals surface area (Å²) in [5, 5.41) is 6.74. The largest absolute Gasteiger partial charge is 0.373 e. The molecule has 0 saturated carbocycles. The molecule has 0 aliphatic heterocycles. The van der Waals surface area contributed by atoms with Gasteiger partial charge in [-0.3, -0.25) is 4.79 Å². The van der Waals surface area contributed by atoms with Crippen LogP contribution in [-0.2, 0) is 4.79 Å². The third-order valence-electron chi connectivity index (χ3n) is 2.70. The lowest BCUT2D eigenvalue weighted by molar-refractivity contribution is -0.121. The first-order valence-electron chi connectivity index (χ1n) is 6.31. The summed E-state index contributed by atoms with van der Waals surface area (Å²) >= 11 is 9.56. The van der Waals surface area contributed by atoms with Gasteiger partial charge in [-0.15, -0.1) is 0 Å². The molecule has 0 aliphatic carbocycles. The molecule has 0 fully saturated rings. The van der Waals surface area contributed by atoms with Crippen LogP contribution in [0.25, 0.3) is 0 Å². The Hall–Kier alpha value is -0.740. The molecule has 0 aromatic heterocycles. The zero-order valence-corrected chi connectivity index (χ0v) is 14.0. The molecule has 19 heavy (non-hydrogen) atoms. The van der Waals surface area contributed by atoms with E-state index in [1.807, 2.05) is 26.0 Å². The predicted molar refractivity (Wildman–Crippen MR) is 84.8 cm³/mol. The smallest absolute Gasteiger partial charge is 0.242 e. The Bertz CT molecular complexity index is 463. The monoisotopic (exact) mass is 346 g/mol. The van der Waals surface area contributed by atoms with E-state index in [-0.39, 0.29) is 11.9 Å². The minimum atomic E-state index is -0.311. The molecule has 0 spiro atoms. The lowest BCUT2D eigenvalue weighted by atomic mass is 10.2. The summed E-state index contributed by atoms with van der Waals surface area (Å²) in [6, 6.07) is 3.45. The molecule has 1 aromatic carbocycles. The van der Waals surface area contributed by atoms with Crippen LogP contribution in [0.3, 0.4) is 0 Å². The quantitative estimate of drug-likeness (QED) is 0.846. The van der Waals surface area contributed by atoms with Gasteiger partial charge in [0, 0.05) is 16.0 Å². The molecule has 0 saturated heterocycles. The minimum Gasteiger partial charge on any atom is -0.373 e. The Labute approximate surface area is 128 Å². The van der Waals surface area contributed by atoms with Crippen molar-refractivity contribution in [2.45, 2.75) is 33.7 Å². The second-order valence-corrected chi connectivity index (χ2v) is 6.35. The maximum atomic E-state index is 11.9. The molecule has 1 atom stereocenters. The number of carbonyl (C=O) groups is 1. The van der Waals surface area contributed by atoms with Crippen LogP contribution in [-0.4, -0.2) is 18.5 Å². The van der Waals surface area contributed by atoms with E-state index in [9.17, 15) is 4.79 Å². The number of benzene rings is 1. The number of nitrogens with one attached hydrogen (secondary N) is 2. The molecule has 2 N–H and O–H groups in total. The van der Waals surface area contributed by atoms with Gasteiger partial charge in [0.25, 0.3) is 0 Å². The second kappa shape index (κ2) is 7.15. The molecule has 0 heterocycles. The highest BCUT2D eigenvalue weighted by molar-refractivity contribution is 9.10. The van der Waals surface area contributed by atoms with Gasteiger partial charge in [-0.2, -0.15) is 0 Å². The molecular weight excluding hydrogens is 328 g/mol. The van der Waals surface area contributed by atoms with Crippen molar-refractivity contribution in [1.29, 1.82) is 0 Å². The highest BCUT2D eigenvalue weighted by Crippen LogP contribution is 2.29. The number of aryl methyl sites for hydroxylation is 1. The third-order valence-corrected chi connectivity index (χ3v) is 3.76. The summed E-state index contributed by atoms with van der Waals surface area (Å²) in [7, 11) is 0. The molecule has 3 nitrogen and oxygen atoms in total. The van der Waals surface area contributed by atoms with E-state index in [2.05, 4.69) is 40.4 Å². The standard InChI is InChI=1S/C14H20BrClN2O/c1-8(2)7-17-14(19)10(4)18-13-6-12(16)9(3)5-11(13)15/h5-6,8,10,18H,7H2,1-4H3,(H,17,19). The first-order chi connectivity index (χ1) is 8.81. The van der Waals surface area contributed by atoms with Crippen LogP contribution in [0.5, 0.6) is 0 Å². The molecular formula is C14H20BrClN2O. The number of carbonyl (C=O) groups excluding carboxylic acids is 1. The number of hydrogen-bond donors (Lipinski definition) is 2. The molecule has 0 bridgehead atoms. The number of anilines is 1. The minimum absolute atomic E-state index is 0.0164. The summed E-state index contributed by atoms with van der Waals surface area (Å²) in [6.45, 7) is 8.58. The molecule has 1 rings (SSSR count). The Morgan fingerprint density at radius 2 is 2.00 bits per heavy atom. The van der Waals surface area contributed by atoms with Crippen LogP contribution in [0.2, 0.25) is 5.02 Å². The maximum absolute atomic E-state index is 11.9. The van der Waals surface area contributed by atoms with Gasteiger partial charge in [0.05, 0.1) is 5.69 Å². The molecule has 1 unspecified atom stereocenters. The van der Waals surface area contributed by atoms with E-state index in [4.69, 9.17) is 11.6 Å². The van der Waals surface area contributed by atoms with Crippen LogP contribution in [0.4, 0.5) is 5.69 Å². The van der Waals surface area contributed by atoms with Crippen LogP contribution < -0.4 is 10.6 Å². The van der Waals surface area contributed by atoms with E-state index in [0.717, 1.165) is 15.7 Å².